The Morgan fingerprint density at radius 2 is 1.81 bits per heavy atom. The Morgan fingerprint density at radius 1 is 1.09 bits per heavy atom. The van der Waals surface area contributed by atoms with Crippen molar-refractivity contribution >= 4 is 33.4 Å². The molecule has 2 aromatic rings. The average Bonchev–Trinajstić information content (AvgIpc) is 3.32. The van der Waals surface area contributed by atoms with Crippen molar-refractivity contribution < 1.29 is 17.9 Å². The Morgan fingerprint density at radius 3 is 2.50 bits per heavy atom. The van der Waals surface area contributed by atoms with E-state index in [1.807, 2.05) is 24.3 Å². The van der Waals surface area contributed by atoms with Gasteiger partial charge in [-0.2, -0.15) is 4.31 Å². The number of hydrogen-bond donors (Lipinski definition) is 1. The summed E-state index contributed by atoms with van der Waals surface area (Å²) >= 11 is 1.63. The second-order valence-electron chi connectivity index (χ2n) is 8.51. The SMILES string of the molecule is CC1CCN(S(=O)(=O)c2ccc(NC(=O)c3ccccc3SC[C@H]3CCCO3)cc2)CC1. The van der Waals surface area contributed by atoms with Gasteiger partial charge in [0.05, 0.1) is 16.6 Å². The quantitative estimate of drug-likeness (QED) is 0.592. The van der Waals surface area contributed by atoms with Crippen molar-refractivity contribution in [1.82, 2.24) is 4.31 Å². The predicted molar refractivity (Wildman–Crippen MR) is 128 cm³/mol. The summed E-state index contributed by atoms with van der Waals surface area (Å²) in [6.07, 6.45) is 4.17. The normalized spacial score (nSPS) is 20.3. The smallest absolute Gasteiger partial charge is 0.256 e. The van der Waals surface area contributed by atoms with Gasteiger partial charge in [0.2, 0.25) is 10.0 Å². The van der Waals surface area contributed by atoms with Crippen LogP contribution >= 0.6 is 11.8 Å². The third-order valence-electron chi connectivity index (χ3n) is 6.07. The van der Waals surface area contributed by atoms with E-state index in [-0.39, 0.29) is 16.9 Å². The summed E-state index contributed by atoms with van der Waals surface area (Å²) in [4.78, 5) is 14.1. The van der Waals surface area contributed by atoms with Gasteiger partial charge >= 0.3 is 0 Å². The molecule has 1 amide bonds. The minimum absolute atomic E-state index is 0.207. The molecule has 0 radical (unpaired) electrons. The number of anilines is 1. The van der Waals surface area contributed by atoms with Gasteiger partial charge in [-0.1, -0.05) is 19.1 Å². The third kappa shape index (κ3) is 5.54. The van der Waals surface area contributed by atoms with Crippen molar-refractivity contribution in [3.8, 4) is 0 Å². The van der Waals surface area contributed by atoms with Gasteiger partial charge in [-0.05, 0) is 68.0 Å². The molecule has 1 N–H and O–H groups in total. The summed E-state index contributed by atoms with van der Waals surface area (Å²) in [5.41, 5.74) is 1.18. The molecule has 2 saturated heterocycles. The highest BCUT2D eigenvalue weighted by molar-refractivity contribution is 7.99. The standard InChI is InChI=1S/C24H30N2O4S2/c1-18-12-14-26(15-13-18)32(28,29)21-10-8-19(9-11-21)25-24(27)22-6-2-3-7-23(22)31-17-20-5-4-16-30-20/h2-3,6-11,18,20H,4-5,12-17H2,1H3,(H,25,27)/t20-/m1/s1. The van der Waals surface area contributed by atoms with Gasteiger partial charge in [-0.25, -0.2) is 8.42 Å². The number of hydrogen-bond acceptors (Lipinski definition) is 5. The Hall–Kier alpha value is -1.87. The summed E-state index contributed by atoms with van der Waals surface area (Å²) in [5.74, 6) is 1.18. The maximum absolute atomic E-state index is 12.9. The van der Waals surface area contributed by atoms with E-state index in [0.717, 1.165) is 42.9 Å². The Kier molecular flexibility index (Phi) is 7.55. The van der Waals surface area contributed by atoms with E-state index in [0.29, 0.717) is 30.3 Å². The minimum Gasteiger partial charge on any atom is -0.377 e. The van der Waals surface area contributed by atoms with Gasteiger partial charge in [0.1, 0.15) is 0 Å². The van der Waals surface area contributed by atoms with Crippen molar-refractivity contribution in [2.45, 2.75) is 48.5 Å². The van der Waals surface area contributed by atoms with Gasteiger partial charge in [0.25, 0.3) is 5.91 Å². The Bertz CT molecular complexity index is 1030. The van der Waals surface area contributed by atoms with Crippen molar-refractivity contribution in [2.75, 3.05) is 30.8 Å². The summed E-state index contributed by atoms with van der Waals surface area (Å²) in [5, 5.41) is 2.90. The van der Waals surface area contributed by atoms with E-state index in [4.69, 9.17) is 4.74 Å². The van der Waals surface area contributed by atoms with Crippen LogP contribution in [-0.4, -0.2) is 50.2 Å². The number of ether oxygens (including phenoxy) is 1. The fourth-order valence-corrected chi connectivity index (χ4v) is 6.61. The van der Waals surface area contributed by atoms with Gasteiger partial charge in [-0.15, -0.1) is 11.8 Å². The number of carbonyl (C=O) groups is 1. The number of piperidine rings is 1. The second-order valence-corrected chi connectivity index (χ2v) is 11.5. The number of benzene rings is 2. The molecule has 0 spiro atoms. The van der Waals surface area contributed by atoms with Crippen molar-refractivity contribution in [2.24, 2.45) is 5.92 Å². The van der Waals surface area contributed by atoms with Crippen molar-refractivity contribution in [3.63, 3.8) is 0 Å². The topological polar surface area (TPSA) is 75.7 Å². The van der Waals surface area contributed by atoms with E-state index in [9.17, 15) is 13.2 Å². The number of sulfonamides is 1. The van der Waals surface area contributed by atoms with Gasteiger partial charge in [-0.3, -0.25) is 4.79 Å². The highest BCUT2D eigenvalue weighted by Gasteiger charge is 2.28. The largest absolute Gasteiger partial charge is 0.377 e. The molecule has 8 heteroatoms. The molecule has 6 nitrogen and oxygen atoms in total. The van der Waals surface area contributed by atoms with E-state index >= 15 is 0 Å². The summed E-state index contributed by atoms with van der Waals surface area (Å²) in [6.45, 7) is 4.08. The number of nitrogens with zero attached hydrogens (tertiary/aromatic N) is 1. The van der Waals surface area contributed by atoms with E-state index in [1.54, 1.807) is 40.3 Å². The number of thioether (sulfide) groups is 1. The highest BCUT2D eigenvalue weighted by Crippen LogP contribution is 2.28. The molecular formula is C24H30N2O4S2. The zero-order valence-corrected chi connectivity index (χ0v) is 20.0. The van der Waals surface area contributed by atoms with Crippen LogP contribution in [0.25, 0.3) is 0 Å². The van der Waals surface area contributed by atoms with Crippen LogP contribution in [0.2, 0.25) is 0 Å². The summed E-state index contributed by atoms with van der Waals surface area (Å²) < 4.78 is 33.0. The van der Waals surface area contributed by atoms with Gasteiger partial charge in [0.15, 0.2) is 0 Å². The second kappa shape index (κ2) is 10.4. The maximum atomic E-state index is 12.9. The number of amides is 1. The lowest BCUT2D eigenvalue weighted by molar-refractivity contribution is 0.102. The lowest BCUT2D eigenvalue weighted by atomic mass is 10.0. The molecule has 2 fully saturated rings. The molecule has 0 aromatic heterocycles. The fourth-order valence-electron chi connectivity index (χ4n) is 4.02. The molecule has 1 atom stereocenters. The van der Waals surface area contributed by atoms with Gasteiger partial charge in [0, 0.05) is 36.0 Å². The first-order chi connectivity index (χ1) is 15.4. The molecule has 0 bridgehead atoms. The predicted octanol–water partition coefficient (Wildman–Crippen LogP) is 4.63. The van der Waals surface area contributed by atoms with Crippen LogP contribution in [0.4, 0.5) is 5.69 Å². The monoisotopic (exact) mass is 474 g/mol. The highest BCUT2D eigenvalue weighted by atomic mass is 32.2. The summed E-state index contributed by atoms with van der Waals surface area (Å²) in [6, 6.07) is 14.0. The molecule has 0 unspecified atom stereocenters. The van der Waals surface area contributed by atoms with Crippen LogP contribution in [0.15, 0.2) is 58.3 Å². The van der Waals surface area contributed by atoms with Crippen LogP contribution < -0.4 is 5.32 Å². The maximum Gasteiger partial charge on any atom is 0.256 e. The first kappa shape index (κ1) is 23.3. The van der Waals surface area contributed by atoms with E-state index < -0.39 is 10.0 Å². The first-order valence-electron chi connectivity index (χ1n) is 11.2. The van der Waals surface area contributed by atoms with Crippen molar-refractivity contribution in [1.29, 1.82) is 0 Å². The van der Waals surface area contributed by atoms with Crippen LogP contribution in [0, 0.1) is 5.92 Å². The van der Waals surface area contributed by atoms with Crippen LogP contribution in [0.1, 0.15) is 43.0 Å². The van der Waals surface area contributed by atoms with E-state index in [1.165, 1.54) is 0 Å². The average molecular weight is 475 g/mol. The number of nitrogens with one attached hydrogen (secondary N) is 1. The molecule has 2 aromatic carbocycles. The minimum atomic E-state index is -3.50. The van der Waals surface area contributed by atoms with Gasteiger partial charge < -0.3 is 10.1 Å². The molecule has 4 rings (SSSR count). The molecule has 0 saturated carbocycles. The number of carbonyl (C=O) groups excluding carboxylic acids is 1. The molecular weight excluding hydrogens is 444 g/mol. The van der Waals surface area contributed by atoms with Crippen LogP contribution in [0.5, 0.6) is 0 Å². The molecule has 32 heavy (non-hydrogen) atoms. The Labute approximate surface area is 194 Å². The van der Waals surface area contributed by atoms with E-state index in [2.05, 4.69) is 12.2 Å². The lowest BCUT2D eigenvalue weighted by Crippen LogP contribution is -2.37. The third-order valence-corrected chi connectivity index (χ3v) is 9.19. The first-order valence-corrected chi connectivity index (χ1v) is 13.6. The zero-order chi connectivity index (χ0) is 22.6. The summed E-state index contributed by atoms with van der Waals surface area (Å²) in [7, 11) is -3.50. The molecule has 2 aliphatic heterocycles. The Balaban J connectivity index is 1.41. The lowest BCUT2D eigenvalue weighted by Gasteiger charge is -2.29. The molecule has 2 aliphatic rings. The fraction of sp³-hybridized carbons (Fsp3) is 0.458. The number of rotatable bonds is 7. The molecule has 172 valence electrons. The molecule has 0 aliphatic carbocycles. The van der Waals surface area contributed by atoms with Crippen LogP contribution in [0.3, 0.4) is 0 Å². The van der Waals surface area contributed by atoms with Crippen LogP contribution in [-0.2, 0) is 14.8 Å². The zero-order valence-electron chi connectivity index (χ0n) is 18.3. The molecule has 2 heterocycles. The van der Waals surface area contributed by atoms with Crippen molar-refractivity contribution in [3.05, 3.63) is 54.1 Å².